The molecule has 1 N–H and O–H groups in total. The molecule has 0 aliphatic rings. The van der Waals surface area contributed by atoms with E-state index in [1.807, 2.05) is 0 Å². The molecule has 5 heavy (non-hydrogen) atoms. The monoisotopic (exact) mass is 73.0 g/mol. The summed E-state index contributed by atoms with van der Waals surface area (Å²) in [4.78, 5) is 9.45. The van der Waals surface area contributed by atoms with E-state index in [-0.39, 0.29) is 0 Å². The second-order valence-corrected chi connectivity index (χ2v) is 0.697. The van der Waals surface area contributed by atoms with Crippen LogP contribution >= 0.6 is 0 Å². The molecule has 29 valence electrons. The summed E-state index contributed by atoms with van der Waals surface area (Å²) in [6, 6.07) is 0. The predicted molar refractivity (Wildman–Crippen MR) is 17.4 cm³/mol. The second-order valence-electron chi connectivity index (χ2n) is 0.697. The Morgan fingerprint density at radius 3 is 2.20 bits per heavy atom. The highest BCUT2D eigenvalue weighted by molar-refractivity contribution is 5.83. The number of aliphatic hydroxyl groups excluding tert-OH is 1. The van der Waals surface area contributed by atoms with Crippen LogP contribution in [0.1, 0.15) is 0 Å². The molecular weight excluding hydrogens is 68.0 g/mol. The molecule has 1 radical (unpaired) electrons. The van der Waals surface area contributed by atoms with Crippen molar-refractivity contribution < 1.29 is 9.90 Å². The molecule has 0 aliphatic heterocycles. The summed E-state index contributed by atoms with van der Waals surface area (Å²) >= 11 is 0. The molecule has 0 aromatic rings. The van der Waals surface area contributed by atoms with Crippen LogP contribution in [0.25, 0.3) is 0 Å². The molecule has 0 atom stereocenters. The SMILES string of the molecule is [CH2]C(=O)CO. The predicted octanol–water partition coefficient (Wildman–Crippen LogP) is -0.618. The summed E-state index contributed by atoms with van der Waals surface area (Å²) in [7, 11) is 0. The summed E-state index contributed by atoms with van der Waals surface area (Å²) < 4.78 is 0. The van der Waals surface area contributed by atoms with Gasteiger partial charge in [-0.15, -0.1) is 0 Å². The van der Waals surface area contributed by atoms with Gasteiger partial charge in [0.05, 0.1) is 0 Å². The smallest absolute Gasteiger partial charge is 0.158 e. The van der Waals surface area contributed by atoms with Crippen molar-refractivity contribution in [2.24, 2.45) is 0 Å². The zero-order valence-corrected chi connectivity index (χ0v) is 2.77. The van der Waals surface area contributed by atoms with Gasteiger partial charge in [0.15, 0.2) is 5.78 Å². The number of Topliss-reactive ketones (excluding diaryl/α,β-unsaturated/α-hetero) is 1. The minimum absolute atomic E-state index is 0.440. The highest BCUT2D eigenvalue weighted by Gasteiger charge is 1.78. The van der Waals surface area contributed by atoms with Gasteiger partial charge in [-0.1, -0.05) is 0 Å². The van der Waals surface area contributed by atoms with Crippen molar-refractivity contribution in [1.82, 2.24) is 0 Å². The summed E-state index contributed by atoms with van der Waals surface area (Å²) in [6.45, 7) is 2.42. The fraction of sp³-hybridized carbons (Fsp3) is 0.333. The van der Waals surface area contributed by atoms with Crippen LogP contribution in [0.4, 0.5) is 0 Å². The van der Waals surface area contributed by atoms with Crippen molar-refractivity contribution in [2.75, 3.05) is 6.61 Å². The number of hydrogen-bond acceptors (Lipinski definition) is 2. The van der Waals surface area contributed by atoms with Gasteiger partial charge in [0.1, 0.15) is 6.61 Å². The Labute approximate surface area is 30.4 Å². The first-order valence-electron chi connectivity index (χ1n) is 1.23. The highest BCUT2D eigenvalue weighted by Crippen LogP contribution is 1.54. The van der Waals surface area contributed by atoms with E-state index in [0.717, 1.165) is 0 Å². The Kier molecular flexibility index (Phi) is 1.76. The van der Waals surface area contributed by atoms with Crippen molar-refractivity contribution in [2.45, 2.75) is 0 Å². The number of hydrogen-bond donors (Lipinski definition) is 1. The fourth-order valence-electron chi connectivity index (χ4n) is 0. The molecule has 0 aromatic carbocycles. The third-order valence-corrected chi connectivity index (χ3v) is 0.176. The Hall–Kier alpha value is -0.370. The molecule has 0 unspecified atom stereocenters. The van der Waals surface area contributed by atoms with E-state index < -0.39 is 12.4 Å². The van der Waals surface area contributed by atoms with Crippen molar-refractivity contribution in [1.29, 1.82) is 0 Å². The standard InChI is InChI=1S/C3H5O2/c1-3(5)2-4/h4H,1-2H2. The minimum atomic E-state index is -0.444. The molecule has 0 aliphatic carbocycles. The maximum Gasteiger partial charge on any atom is 0.158 e. The van der Waals surface area contributed by atoms with Gasteiger partial charge in [-0.3, -0.25) is 4.79 Å². The molecule has 0 rings (SSSR count). The van der Waals surface area contributed by atoms with Crippen LogP contribution < -0.4 is 0 Å². The number of carbonyl (C=O) groups excluding carboxylic acids is 1. The summed E-state index contributed by atoms with van der Waals surface area (Å²) in [6.07, 6.45) is 0. The van der Waals surface area contributed by atoms with Gasteiger partial charge < -0.3 is 5.11 Å². The first kappa shape index (κ1) is 4.63. The third kappa shape index (κ3) is 3.63. The first-order chi connectivity index (χ1) is 2.27. The molecule has 0 heterocycles. The van der Waals surface area contributed by atoms with Crippen LogP contribution in [-0.2, 0) is 4.79 Å². The second kappa shape index (κ2) is 1.91. The summed E-state index contributed by atoms with van der Waals surface area (Å²) in [5, 5.41) is 7.73. The maximum atomic E-state index is 9.45. The van der Waals surface area contributed by atoms with E-state index >= 15 is 0 Å². The lowest BCUT2D eigenvalue weighted by atomic mass is 10.5. The molecule has 0 aromatic heterocycles. The average Bonchev–Trinajstić information content (AvgIpc) is 1.38. The quantitative estimate of drug-likeness (QED) is 0.449. The zero-order chi connectivity index (χ0) is 4.28. The lowest BCUT2D eigenvalue weighted by molar-refractivity contribution is -0.117. The Morgan fingerprint density at radius 1 is 2.00 bits per heavy atom. The highest BCUT2D eigenvalue weighted by atomic mass is 16.3. The van der Waals surface area contributed by atoms with E-state index in [4.69, 9.17) is 5.11 Å². The van der Waals surface area contributed by atoms with Crippen LogP contribution in [-0.4, -0.2) is 17.5 Å². The van der Waals surface area contributed by atoms with Gasteiger partial charge in [-0.2, -0.15) is 0 Å². The van der Waals surface area contributed by atoms with Gasteiger partial charge in [0, 0.05) is 6.92 Å². The molecule has 0 saturated carbocycles. The Morgan fingerprint density at radius 2 is 2.20 bits per heavy atom. The maximum absolute atomic E-state index is 9.45. The third-order valence-electron chi connectivity index (χ3n) is 0.176. The van der Waals surface area contributed by atoms with E-state index in [1.54, 1.807) is 0 Å². The van der Waals surface area contributed by atoms with Crippen LogP contribution in [0.2, 0.25) is 0 Å². The largest absolute Gasteiger partial charge is 0.389 e. The summed E-state index contributed by atoms with van der Waals surface area (Å²) in [5.74, 6) is -0.440. The van der Waals surface area contributed by atoms with Crippen LogP contribution in [0.15, 0.2) is 0 Å². The van der Waals surface area contributed by atoms with Gasteiger partial charge in [-0.25, -0.2) is 0 Å². The summed E-state index contributed by atoms with van der Waals surface area (Å²) in [5.41, 5.74) is 0. The molecule has 0 fully saturated rings. The number of rotatable bonds is 1. The minimum Gasteiger partial charge on any atom is -0.389 e. The topological polar surface area (TPSA) is 37.3 Å². The van der Waals surface area contributed by atoms with Gasteiger partial charge in [0.25, 0.3) is 0 Å². The normalized spacial score (nSPS) is 7.60. The Balaban J connectivity index is 2.85. The van der Waals surface area contributed by atoms with E-state index in [9.17, 15) is 4.79 Å². The van der Waals surface area contributed by atoms with Gasteiger partial charge >= 0.3 is 0 Å². The molecular formula is C3H5O2. The van der Waals surface area contributed by atoms with Crippen molar-refractivity contribution in [3.63, 3.8) is 0 Å². The van der Waals surface area contributed by atoms with E-state index in [0.29, 0.717) is 0 Å². The van der Waals surface area contributed by atoms with Gasteiger partial charge in [-0.05, 0) is 0 Å². The van der Waals surface area contributed by atoms with Crippen LogP contribution in [0.5, 0.6) is 0 Å². The fourth-order valence-corrected chi connectivity index (χ4v) is 0. The number of carbonyl (C=O) groups is 1. The van der Waals surface area contributed by atoms with Crippen molar-refractivity contribution in [3.05, 3.63) is 6.92 Å². The molecule has 0 spiro atoms. The van der Waals surface area contributed by atoms with Crippen molar-refractivity contribution >= 4 is 5.78 Å². The molecule has 2 heteroatoms. The molecule has 2 nitrogen and oxygen atoms in total. The zero-order valence-electron chi connectivity index (χ0n) is 2.77. The number of aliphatic hydroxyl groups is 1. The van der Waals surface area contributed by atoms with Crippen molar-refractivity contribution in [3.8, 4) is 0 Å². The average molecular weight is 73.1 g/mol. The van der Waals surface area contributed by atoms with E-state index in [1.165, 1.54) is 0 Å². The van der Waals surface area contributed by atoms with Crippen LogP contribution in [0, 0.1) is 6.92 Å². The first-order valence-corrected chi connectivity index (χ1v) is 1.23. The Bertz CT molecular complexity index is 40.2. The lowest BCUT2D eigenvalue weighted by Gasteiger charge is -1.71. The van der Waals surface area contributed by atoms with E-state index in [2.05, 4.69) is 6.92 Å². The van der Waals surface area contributed by atoms with Crippen LogP contribution in [0.3, 0.4) is 0 Å². The molecule has 0 saturated heterocycles. The molecule has 0 amide bonds. The lowest BCUT2D eigenvalue weighted by Crippen LogP contribution is -1.94. The molecule has 0 bridgehead atoms. The number of ketones is 1. The van der Waals surface area contributed by atoms with Gasteiger partial charge in [0.2, 0.25) is 0 Å².